The maximum atomic E-state index is 10.7. The van der Waals surface area contributed by atoms with Crippen LogP contribution in [-0.2, 0) is 0 Å². The summed E-state index contributed by atoms with van der Waals surface area (Å²) in [7, 11) is 0. The predicted molar refractivity (Wildman–Crippen MR) is 67.2 cm³/mol. The second kappa shape index (κ2) is 4.62. The minimum Gasteiger partial charge on any atom is -0.476 e. The Morgan fingerprint density at radius 1 is 1.50 bits per heavy atom. The molecular formula is C12H10N6O2. The summed E-state index contributed by atoms with van der Waals surface area (Å²) in [4.78, 5) is 16.8. The van der Waals surface area contributed by atoms with E-state index in [0.717, 1.165) is 5.69 Å². The van der Waals surface area contributed by atoms with Gasteiger partial charge in [-0.05, 0) is 6.07 Å². The maximum Gasteiger partial charge on any atom is 0.358 e. The number of aromatic nitrogens is 4. The Bertz CT molecular complexity index is 698. The molecule has 3 heterocycles. The standard InChI is InChI=1S/C12H10N6O2/c13-3-8-1-2-14-4-11(8)17-5-9(6-17)18-7-10(12(19)20)15-16-18/h1-2,4,7,9H,5-6H2,(H,19,20). The minimum absolute atomic E-state index is 0.0577. The van der Waals surface area contributed by atoms with Gasteiger partial charge in [-0.3, -0.25) is 4.98 Å². The highest BCUT2D eigenvalue weighted by Gasteiger charge is 2.31. The van der Waals surface area contributed by atoms with Crippen molar-refractivity contribution < 1.29 is 9.90 Å². The van der Waals surface area contributed by atoms with Gasteiger partial charge in [0.2, 0.25) is 0 Å². The number of hydrogen-bond donors (Lipinski definition) is 1. The second-order valence-corrected chi connectivity index (χ2v) is 4.45. The molecule has 2 aromatic rings. The number of nitrogens with zero attached hydrogens (tertiary/aromatic N) is 6. The van der Waals surface area contributed by atoms with Gasteiger partial charge in [0.1, 0.15) is 6.07 Å². The lowest BCUT2D eigenvalue weighted by atomic mass is 10.1. The number of aromatic carboxylic acids is 1. The van der Waals surface area contributed by atoms with Crippen molar-refractivity contribution in [2.75, 3.05) is 18.0 Å². The molecule has 0 bridgehead atoms. The zero-order chi connectivity index (χ0) is 14.1. The number of hydrogen-bond acceptors (Lipinski definition) is 6. The fourth-order valence-corrected chi connectivity index (χ4v) is 2.11. The summed E-state index contributed by atoms with van der Waals surface area (Å²) in [5.41, 5.74) is 1.29. The van der Waals surface area contributed by atoms with Crippen LogP contribution in [-0.4, -0.2) is 44.1 Å². The minimum atomic E-state index is -1.09. The highest BCUT2D eigenvalue weighted by Crippen LogP contribution is 2.29. The third kappa shape index (κ3) is 1.95. The van der Waals surface area contributed by atoms with Crippen LogP contribution in [0.15, 0.2) is 24.7 Å². The van der Waals surface area contributed by atoms with Gasteiger partial charge in [0.25, 0.3) is 0 Å². The predicted octanol–water partition coefficient (Wildman–Crippen LogP) is 0.304. The van der Waals surface area contributed by atoms with E-state index in [9.17, 15) is 4.79 Å². The number of nitriles is 1. The zero-order valence-corrected chi connectivity index (χ0v) is 10.3. The van der Waals surface area contributed by atoms with Crippen LogP contribution in [0.4, 0.5) is 5.69 Å². The van der Waals surface area contributed by atoms with Crippen LogP contribution in [0.5, 0.6) is 0 Å². The summed E-state index contributed by atoms with van der Waals surface area (Å²) < 4.78 is 1.54. The van der Waals surface area contributed by atoms with Gasteiger partial charge >= 0.3 is 5.97 Å². The first-order valence-corrected chi connectivity index (χ1v) is 5.93. The number of carboxylic acids is 1. The summed E-state index contributed by atoms with van der Waals surface area (Å²) in [6.45, 7) is 1.28. The largest absolute Gasteiger partial charge is 0.476 e. The molecule has 0 unspecified atom stereocenters. The van der Waals surface area contributed by atoms with Gasteiger partial charge in [-0.1, -0.05) is 5.21 Å². The summed E-state index contributed by atoms with van der Waals surface area (Å²) in [5.74, 6) is -1.09. The first-order valence-electron chi connectivity index (χ1n) is 5.93. The number of anilines is 1. The van der Waals surface area contributed by atoms with E-state index in [2.05, 4.69) is 21.4 Å². The first-order chi connectivity index (χ1) is 9.69. The van der Waals surface area contributed by atoms with E-state index < -0.39 is 5.97 Å². The van der Waals surface area contributed by atoms with Crippen molar-refractivity contribution in [1.29, 1.82) is 5.26 Å². The maximum absolute atomic E-state index is 10.7. The third-order valence-electron chi connectivity index (χ3n) is 3.23. The molecule has 0 aromatic carbocycles. The van der Waals surface area contributed by atoms with Crippen molar-refractivity contribution in [2.45, 2.75) is 6.04 Å². The van der Waals surface area contributed by atoms with E-state index in [1.165, 1.54) is 6.20 Å². The fraction of sp³-hybridized carbons (Fsp3) is 0.250. The second-order valence-electron chi connectivity index (χ2n) is 4.45. The van der Waals surface area contributed by atoms with Gasteiger partial charge in [-0.2, -0.15) is 5.26 Å². The molecule has 100 valence electrons. The average molecular weight is 270 g/mol. The Morgan fingerprint density at radius 2 is 2.30 bits per heavy atom. The lowest BCUT2D eigenvalue weighted by Gasteiger charge is -2.40. The quantitative estimate of drug-likeness (QED) is 0.854. The van der Waals surface area contributed by atoms with Crippen LogP contribution in [0, 0.1) is 11.3 Å². The van der Waals surface area contributed by atoms with E-state index in [1.807, 2.05) is 4.90 Å². The van der Waals surface area contributed by atoms with Gasteiger partial charge in [-0.25, -0.2) is 9.48 Å². The van der Waals surface area contributed by atoms with Crippen LogP contribution in [0.2, 0.25) is 0 Å². The summed E-state index contributed by atoms with van der Waals surface area (Å²) in [6, 6.07) is 3.85. The normalized spacial score (nSPS) is 14.7. The van der Waals surface area contributed by atoms with Crippen molar-refractivity contribution in [3.8, 4) is 6.07 Å². The highest BCUT2D eigenvalue weighted by molar-refractivity contribution is 5.84. The summed E-state index contributed by atoms with van der Waals surface area (Å²) in [5, 5.41) is 25.2. The van der Waals surface area contributed by atoms with Crippen LogP contribution < -0.4 is 4.90 Å². The molecule has 1 aliphatic rings. The van der Waals surface area contributed by atoms with Gasteiger partial charge in [0.05, 0.1) is 29.7 Å². The van der Waals surface area contributed by atoms with E-state index >= 15 is 0 Å². The van der Waals surface area contributed by atoms with Crippen molar-refractivity contribution in [3.63, 3.8) is 0 Å². The molecule has 0 amide bonds. The Morgan fingerprint density at radius 3 is 2.95 bits per heavy atom. The molecule has 0 spiro atoms. The van der Waals surface area contributed by atoms with Gasteiger partial charge < -0.3 is 10.0 Å². The molecule has 0 radical (unpaired) electrons. The molecule has 1 aliphatic heterocycles. The lowest BCUT2D eigenvalue weighted by molar-refractivity contribution is 0.0690. The van der Waals surface area contributed by atoms with Gasteiger partial charge in [-0.15, -0.1) is 5.10 Å². The summed E-state index contributed by atoms with van der Waals surface area (Å²) in [6.07, 6.45) is 4.65. The fourth-order valence-electron chi connectivity index (χ4n) is 2.11. The molecule has 1 N–H and O–H groups in total. The number of carboxylic acid groups (broad SMARTS) is 1. The third-order valence-corrected chi connectivity index (χ3v) is 3.23. The summed E-state index contributed by atoms with van der Waals surface area (Å²) >= 11 is 0. The van der Waals surface area contributed by atoms with Crippen molar-refractivity contribution >= 4 is 11.7 Å². The SMILES string of the molecule is N#Cc1ccncc1N1CC(n2cc(C(=O)O)nn2)C1. The monoisotopic (exact) mass is 270 g/mol. The number of pyridine rings is 1. The van der Waals surface area contributed by atoms with E-state index in [-0.39, 0.29) is 11.7 Å². The van der Waals surface area contributed by atoms with E-state index in [1.54, 1.807) is 23.1 Å². The Labute approximate surface area is 113 Å². The molecule has 20 heavy (non-hydrogen) atoms. The molecule has 1 fully saturated rings. The van der Waals surface area contributed by atoms with E-state index in [0.29, 0.717) is 18.7 Å². The molecule has 1 saturated heterocycles. The van der Waals surface area contributed by atoms with Crippen LogP contribution in [0.1, 0.15) is 22.1 Å². The smallest absolute Gasteiger partial charge is 0.358 e. The highest BCUT2D eigenvalue weighted by atomic mass is 16.4. The Hall–Kier alpha value is -2.95. The van der Waals surface area contributed by atoms with Crippen molar-refractivity contribution in [2.24, 2.45) is 0 Å². The van der Waals surface area contributed by atoms with E-state index in [4.69, 9.17) is 10.4 Å². The Kier molecular flexibility index (Phi) is 2.80. The van der Waals surface area contributed by atoms with Crippen LogP contribution in [0.25, 0.3) is 0 Å². The molecule has 2 aromatic heterocycles. The number of rotatable bonds is 3. The van der Waals surface area contributed by atoms with Crippen LogP contribution >= 0.6 is 0 Å². The zero-order valence-electron chi connectivity index (χ0n) is 10.3. The van der Waals surface area contributed by atoms with Crippen molar-refractivity contribution in [3.05, 3.63) is 35.9 Å². The Balaban J connectivity index is 1.72. The molecule has 8 heteroatoms. The van der Waals surface area contributed by atoms with Crippen LogP contribution in [0.3, 0.4) is 0 Å². The van der Waals surface area contributed by atoms with Gasteiger partial charge in [0, 0.05) is 19.3 Å². The molecule has 0 atom stereocenters. The molecule has 0 saturated carbocycles. The molecule has 0 aliphatic carbocycles. The molecular weight excluding hydrogens is 260 g/mol. The lowest BCUT2D eigenvalue weighted by Crippen LogP contribution is -2.48. The molecule has 3 rings (SSSR count). The first kappa shape index (κ1) is 12.1. The van der Waals surface area contributed by atoms with Crippen molar-refractivity contribution in [1.82, 2.24) is 20.0 Å². The number of carbonyl (C=O) groups is 1. The van der Waals surface area contributed by atoms with Gasteiger partial charge in [0.15, 0.2) is 5.69 Å². The molecule has 8 nitrogen and oxygen atoms in total. The topological polar surface area (TPSA) is 108 Å². The average Bonchev–Trinajstić information content (AvgIpc) is 2.87.